The molecule has 0 aromatic heterocycles. The fourth-order valence-electron chi connectivity index (χ4n) is 2.17. The summed E-state index contributed by atoms with van der Waals surface area (Å²) in [5.74, 6) is -2.23. The highest BCUT2D eigenvalue weighted by molar-refractivity contribution is 7.84. The molecule has 1 aliphatic heterocycles. The minimum Gasteiger partial charge on any atom is -0.445 e. The van der Waals surface area contributed by atoms with E-state index in [-0.39, 0.29) is 10.9 Å². The molecule has 2 rings (SSSR count). The Kier molecular flexibility index (Phi) is 5.56. The molecule has 1 aliphatic rings. The SMILES string of the molecule is CONC(=O)[C@H]1[C@@H](NC(=O)OCc2ccccc2)C(=O)N1S(=O)(=O)O. The largest absolute Gasteiger partial charge is 0.445 e. The summed E-state index contributed by atoms with van der Waals surface area (Å²) in [7, 11) is -3.89. The van der Waals surface area contributed by atoms with E-state index >= 15 is 0 Å². The highest BCUT2D eigenvalue weighted by atomic mass is 32.2. The maximum absolute atomic E-state index is 11.8. The van der Waals surface area contributed by atoms with Crippen LogP contribution in [0.25, 0.3) is 0 Å². The molecular formula is C13H15N3O8S. The Bertz CT molecular complexity index is 767. The van der Waals surface area contributed by atoms with Crippen LogP contribution in [0.2, 0.25) is 0 Å². The molecule has 136 valence electrons. The topological polar surface area (TPSA) is 151 Å². The number of benzene rings is 1. The molecule has 1 saturated heterocycles. The van der Waals surface area contributed by atoms with Crippen molar-refractivity contribution in [3.63, 3.8) is 0 Å². The van der Waals surface area contributed by atoms with Gasteiger partial charge >= 0.3 is 16.4 Å². The first kappa shape index (κ1) is 18.6. The van der Waals surface area contributed by atoms with Crippen LogP contribution in [0.4, 0.5) is 4.79 Å². The third-order valence-electron chi connectivity index (χ3n) is 3.26. The number of amides is 3. The quantitative estimate of drug-likeness (QED) is 0.325. The van der Waals surface area contributed by atoms with E-state index in [2.05, 4.69) is 10.2 Å². The Morgan fingerprint density at radius 3 is 2.48 bits per heavy atom. The van der Waals surface area contributed by atoms with Gasteiger partial charge in [-0.05, 0) is 5.56 Å². The standard InChI is InChI=1S/C13H15N3O8S/c1-23-15-11(17)10-9(12(18)16(10)25(20,21)22)14-13(19)24-7-8-5-3-2-4-6-8/h2-6,9-10H,7H2,1H3,(H,14,19)(H,15,17)(H,20,21,22)/t9-,10-/m1/s1. The first-order valence-corrected chi connectivity index (χ1v) is 8.26. The highest BCUT2D eigenvalue weighted by Crippen LogP contribution is 2.24. The lowest BCUT2D eigenvalue weighted by Gasteiger charge is -2.42. The molecule has 12 heteroatoms. The molecule has 0 saturated carbocycles. The number of carbonyl (C=O) groups excluding carboxylic acids is 3. The number of hydrogen-bond acceptors (Lipinski definition) is 7. The van der Waals surface area contributed by atoms with Gasteiger partial charge in [0.15, 0.2) is 6.04 Å². The highest BCUT2D eigenvalue weighted by Gasteiger charge is 2.58. The predicted octanol–water partition coefficient (Wildman–Crippen LogP) is -1.03. The summed E-state index contributed by atoms with van der Waals surface area (Å²) in [6.45, 7) is -0.0927. The van der Waals surface area contributed by atoms with Crippen molar-refractivity contribution in [2.45, 2.75) is 18.7 Å². The van der Waals surface area contributed by atoms with Crippen LogP contribution >= 0.6 is 0 Å². The van der Waals surface area contributed by atoms with Crippen molar-refractivity contribution < 1.29 is 36.9 Å². The van der Waals surface area contributed by atoms with Gasteiger partial charge in [-0.3, -0.25) is 19.0 Å². The van der Waals surface area contributed by atoms with E-state index in [0.29, 0.717) is 5.56 Å². The molecule has 3 N–H and O–H groups in total. The summed E-state index contributed by atoms with van der Waals surface area (Å²) in [5, 5.41) is 2.08. The lowest BCUT2D eigenvalue weighted by atomic mass is 9.98. The van der Waals surface area contributed by atoms with E-state index in [0.717, 1.165) is 7.11 Å². The zero-order valence-corrected chi connectivity index (χ0v) is 13.7. The summed E-state index contributed by atoms with van der Waals surface area (Å²) >= 11 is 0. The second-order valence-electron chi connectivity index (χ2n) is 4.91. The summed E-state index contributed by atoms with van der Waals surface area (Å²) in [6.07, 6.45) is -1.03. The van der Waals surface area contributed by atoms with Gasteiger partial charge in [-0.2, -0.15) is 12.7 Å². The summed E-state index contributed by atoms with van der Waals surface area (Å²) in [4.78, 5) is 39.8. The van der Waals surface area contributed by atoms with Crippen LogP contribution in [0.5, 0.6) is 0 Å². The number of β-lactam (4-membered cyclic amide) rings is 1. The number of nitrogens with one attached hydrogen (secondary N) is 2. The minimum absolute atomic E-state index is 0.0660. The van der Waals surface area contributed by atoms with Gasteiger partial charge in [0.2, 0.25) is 0 Å². The number of nitrogens with zero attached hydrogens (tertiary/aromatic N) is 1. The van der Waals surface area contributed by atoms with Crippen molar-refractivity contribution >= 4 is 28.2 Å². The van der Waals surface area contributed by atoms with Crippen LogP contribution in [0.1, 0.15) is 5.56 Å². The first-order valence-electron chi connectivity index (χ1n) is 6.86. The second-order valence-corrected chi connectivity index (χ2v) is 6.20. The maximum atomic E-state index is 11.8. The minimum atomic E-state index is -4.98. The molecule has 0 radical (unpaired) electrons. The van der Waals surface area contributed by atoms with E-state index < -0.39 is 40.3 Å². The second kappa shape index (κ2) is 7.46. The molecule has 25 heavy (non-hydrogen) atoms. The van der Waals surface area contributed by atoms with Gasteiger partial charge in [-0.25, -0.2) is 10.3 Å². The van der Waals surface area contributed by atoms with Crippen LogP contribution in [0, 0.1) is 0 Å². The number of rotatable bonds is 6. The van der Waals surface area contributed by atoms with Crippen LogP contribution in [0.15, 0.2) is 30.3 Å². The van der Waals surface area contributed by atoms with E-state index in [4.69, 9.17) is 9.29 Å². The Morgan fingerprint density at radius 1 is 1.28 bits per heavy atom. The normalized spacial score (nSPS) is 19.8. The number of carbonyl (C=O) groups is 3. The zero-order valence-electron chi connectivity index (χ0n) is 12.9. The Morgan fingerprint density at radius 2 is 1.92 bits per heavy atom. The molecule has 11 nitrogen and oxygen atoms in total. The number of hydrogen-bond donors (Lipinski definition) is 3. The average Bonchev–Trinajstić information content (AvgIpc) is 2.55. The Hall–Kier alpha value is -2.70. The number of ether oxygens (including phenoxy) is 1. The zero-order chi connectivity index (χ0) is 18.6. The summed E-state index contributed by atoms with van der Waals surface area (Å²) in [5.41, 5.74) is 2.52. The summed E-state index contributed by atoms with van der Waals surface area (Å²) in [6, 6.07) is 5.43. The molecule has 1 aromatic carbocycles. The van der Waals surface area contributed by atoms with Crippen LogP contribution in [0.3, 0.4) is 0 Å². The van der Waals surface area contributed by atoms with Crippen molar-refractivity contribution in [1.29, 1.82) is 0 Å². The molecule has 0 bridgehead atoms. The van der Waals surface area contributed by atoms with Crippen molar-refractivity contribution in [2.75, 3.05) is 7.11 Å². The average molecular weight is 373 g/mol. The molecule has 1 fully saturated rings. The number of alkyl carbamates (subject to hydrolysis) is 1. The molecular weight excluding hydrogens is 358 g/mol. The third kappa shape index (κ3) is 4.23. The van der Waals surface area contributed by atoms with E-state index in [1.165, 1.54) is 0 Å². The molecule has 0 spiro atoms. The van der Waals surface area contributed by atoms with Crippen molar-refractivity contribution in [2.24, 2.45) is 0 Å². The van der Waals surface area contributed by atoms with Crippen molar-refractivity contribution in [1.82, 2.24) is 15.1 Å². The Balaban J connectivity index is 2.02. The van der Waals surface area contributed by atoms with Gasteiger partial charge < -0.3 is 10.1 Å². The fraction of sp³-hybridized carbons (Fsp3) is 0.308. The molecule has 3 amide bonds. The van der Waals surface area contributed by atoms with Gasteiger partial charge in [0, 0.05) is 0 Å². The van der Waals surface area contributed by atoms with Crippen molar-refractivity contribution in [3.05, 3.63) is 35.9 Å². The third-order valence-corrected chi connectivity index (χ3v) is 4.16. The van der Waals surface area contributed by atoms with E-state index in [1.807, 2.05) is 5.48 Å². The first-order chi connectivity index (χ1) is 11.8. The molecule has 1 aromatic rings. The maximum Gasteiger partial charge on any atom is 0.408 e. The van der Waals surface area contributed by atoms with Crippen LogP contribution < -0.4 is 10.8 Å². The van der Waals surface area contributed by atoms with Crippen LogP contribution in [-0.4, -0.2) is 54.4 Å². The van der Waals surface area contributed by atoms with Gasteiger partial charge in [-0.1, -0.05) is 30.3 Å². The smallest absolute Gasteiger partial charge is 0.408 e. The van der Waals surface area contributed by atoms with Gasteiger partial charge in [0.25, 0.3) is 11.8 Å². The summed E-state index contributed by atoms with van der Waals surface area (Å²) < 4.78 is 36.2. The van der Waals surface area contributed by atoms with Gasteiger partial charge in [0.05, 0.1) is 7.11 Å². The Labute approximate surface area is 142 Å². The monoisotopic (exact) mass is 373 g/mol. The predicted molar refractivity (Wildman–Crippen MR) is 80.9 cm³/mol. The number of hydroxylamine groups is 1. The van der Waals surface area contributed by atoms with E-state index in [9.17, 15) is 22.8 Å². The molecule has 0 aliphatic carbocycles. The molecule has 1 heterocycles. The lowest BCUT2D eigenvalue weighted by molar-refractivity contribution is -0.155. The molecule has 0 unspecified atom stereocenters. The van der Waals surface area contributed by atoms with Gasteiger partial charge in [-0.15, -0.1) is 0 Å². The fourth-order valence-corrected chi connectivity index (χ4v) is 3.02. The van der Waals surface area contributed by atoms with E-state index in [1.54, 1.807) is 30.3 Å². The molecule has 2 atom stereocenters. The van der Waals surface area contributed by atoms with Crippen molar-refractivity contribution in [3.8, 4) is 0 Å². The van der Waals surface area contributed by atoms with Crippen LogP contribution in [-0.2, 0) is 36.1 Å². The van der Waals surface area contributed by atoms with Gasteiger partial charge in [0.1, 0.15) is 12.6 Å². The lowest BCUT2D eigenvalue weighted by Crippen LogP contribution is -2.75.